The molecule has 0 spiro atoms. The van der Waals surface area contributed by atoms with E-state index in [-0.39, 0.29) is 0 Å². The molecule has 192 valence electrons. The molecule has 0 bridgehead atoms. The fraction of sp³-hybridized carbons (Fsp3) is 0.923. The normalized spacial score (nSPS) is 10.6. The van der Waals surface area contributed by atoms with Crippen molar-refractivity contribution in [2.45, 2.75) is 129 Å². The van der Waals surface area contributed by atoms with Crippen molar-refractivity contribution in [1.29, 1.82) is 0 Å². The highest BCUT2D eigenvalue weighted by Gasteiger charge is 1.97. The van der Waals surface area contributed by atoms with Crippen molar-refractivity contribution in [3.63, 3.8) is 0 Å². The number of thioether (sulfide) groups is 2. The number of aliphatic carboxylic acids is 2. The molecule has 0 amide bonds. The molecular formula is C26H52O4S2. The largest absolute Gasteiger partial charge is 0.481 e. The number of carbonyl (C=O) groups is 2. The zero-order chi connectivity index (χ0) is 24.1. The summed E-state index contributed by atoms with van der Waals surface area (Å²) in [6.07, 6.45) is 20.3. The third kappa shape index (κ3) is 37.0. The van der Waals surface area contributed by atoms with Crippen molar-refractivity contribution < 1.29 is 19.8 Å². The first-order valence-corrected chi connectivity index (χ1v) is 15.4. The molecule has 4 nitrogen and oxygen atoms in total. The molecule has 0 atom stereocenters. The summed E-state index contributed by atoms with van der Waals surface area (Å²) in [4.78, 5) is 20.5. The third-order valence-electron chi connectivity index (χ3n) is 5.27. The molecule has 0 aliphatic heterocycles. The van der Waals surface area contributed by atoms with Crippen LogP contribution in [0, 0.1) is 0 Å². The van der Waals surface area contributed by atoms with Gasteiger partial charge < -0.3 is 10.2 Å². The van der Waals surface area contributed by atoms with E-state index >= 15 is 0 Å². The Hall–Kier alpha value is -0.360. The van der Waals surface area contributed by atoms with Crippen LogP contribution < -0.4 is 0 Å². The highest BCUT2D eigenvalue weighted by Crippen LogP contribution is 2.12. The lowest BCUT2D eigenvalue weighted by atomic mass is 10.1. The number of hydrogen-bond donors (Lipinski definition) is 2. The summed E-state index contributed by atoms with van der Waals surface area (Å²) >= 11 is 4.06. The average molecular weight is 493 g/mol. The molecule has 0 aromatic rings. The fourth-order valence-corrected chi connectivity index (χ4v) is 4.76. The topological polar surface area (TPSA) is 74.6 Å². The second kappa shape index (κ2) is 30.6. The zero-order valence-corrected chi connectivity index (χ0v) is 22.7. The fourth-order valence-electron chi connectivity index (χ4n) is 3.37. The summed E-state index contributed by atoms with van der Waals surface area (Å²) < 4.78 is 0. The molecular weight excluding hydrogens is 440 g/mol. The van der Waals surface area contributed by atoms with Gasteiger partial charge in [0, 0.05) is 12.8 Å². The maximum Gasteiger partial charge on any atom is 0.303 e. The Kier molecular flexibility index (Phi) is 32.4. The minimum Gasteiger partial charge on any atom is -0.481 e. The predicted molar refractivity (Wildman–Crippen MR) is 144 cm³/mol. The highest BCUT2D eigenvalue weighted by molar-refractivity contribution is 7.99. The Balaban J connectivity index is 0. The average Bonchev–Trinajstić information content (AvgIpc) is 2.76. The lowest BCUT2D eigenvalue weighted by Gasteiger charge is -2.01. The van der Waals surface area contributed by atoms with Gasteiger partial charge in [0.05, 0.1) is 0 Å². The molecule has 0 saturated carbocycles. The van der Waals surface area contributed by atoms with Gasteiger partial charge in [0.15, 0.2) is 0 Å². The summed E-state index contributed by atoms with van der Waals surface area (Å²) in [5.41, 5.74) is 0. The van der Waals surface area contributed by atoms with Gasteiger partial charge in [-0.2, -0.15) is 23.5 Å². The quantitative estimate of drug-likeness (QED) is 0.131. The van der Waals surface area contributed by atoms with Gasteiger partial charge in [0.25, 0.3) is 0 Å². The molecule has 0 fully saturated rings. The van der Waals surface area contributed by atoms with Crippen LogP contribution in [0.2, 0.25) is 0 Å². The van der Waals surface area contributed by atoms with E-state index in [0.717, 1.165) is 25.7 Å². The van der Waals surface area contributed by atoms with Crippen LogP contribution in [0.3, 0.4) is 0 Å². The molecule has 0 heterocycles. The Bertz CT molecular complexity index is 356. The number of rotatable bonds is 24. The molecule has 32 heavy (non-hydrogen) atoms. The second-order valence-corrected chi connectivity index (χ2v) is 11.1. The summed E-state index contributed by atoms with van der Waals surface area (Å²) in [6, 6.07) is 0. The highest BCUT2D eigenvalue weighted by atomic mass is 32.2. The molecule has 2 N–H and O–H groups in total. The van der Waals surface area contributed by atoms with Gasteiger partial charge in [0.2, 0.25) is 0 Å². The molecule has 0 aliphatic rings. The van der Waals surface area contributed by atoms with Crippen LogP contribution in [0.25, 0.3) is 0 Å². The van der Waals surface area contributed by atoms with Crippen molar-refractivity contribution in [2.24, 2.45) is 0 Å². The van der Waals surface area contributed by atoms with Crippen LogP contribution in [0.4, 0.5) is 0 Å². The number of unbranched alkanes of at least 4 members (excludes halogenated alkanes) is 14. The summed E-state index contributed by atoms with van der Waals surface area (Å²) in [5, 5.41) is 16.9. The minimum absolute atomic E-state index is 0.342. The van der Waals surface area contributed by atoms with Crippen LogP contribution in [0.15, 0.2) is 0 Å². The minimum atomic E-state index is -0.659. The first kappa shape index (κ1) is 33.8. The molecule has 0 aromatic heterocycles. The van der Waals surface area contributed by atoms with E-state index in [1.54, 1.807) is 0 Å². The maximum absolute atomic E-state index is 10.3. The first-order chi connectivity index (χ1) is 15.5. The Labute approximate surface area is 207 Å². The predicted octanol–water partition coefficient (Wildman–Crippen LogP) is 8.67. The standard InChI is InChI=1S/2C13H26O2S/c2*1-2-16-12-10-8-6-4-3-5-7-9-11-13(14)15/h2*2-12H2,1H3,(H,14,15). The molecule has 0 radical (unpaired) electrons. The van der Waals surface area contributed by atoms with Gasteiger partial charge in [-0.1, -0.05) is 90.9 Å². The SMILES string of the molecule is CCSCCCCCCCCCCC(=O)O.CCSCCCCCCCCCCC(=O)O. The van der Waals surface area contributed by atoms with E-state index in [2.05, 4.69) is 13.8 Å². The summed E-state index contributed by atoms with van der Waals surface area (Å²) in [6.45, 7) is 4.42. The monoisotopic (exact) mass is 492 g/mol. The third-order valence-corrected chi connectivity index (χ3v) is 7.24. The molecule has 0 saturated heterocycles. The molecule has 0 rings (SSSR count). The lowest BCUT2D eigenvalue weighted by Crippen LogP contribution is -1.93. The summed E-state index contributed by atoms with van der Waals surface area (Å²) in [5.74, 6) is 3.79. The van der Waals surface area contributed by atoms with Crippen molar-refractivity contribution in [1.82, 2.24) is 0 Å². The Morgan fingerprint density at radius 3 is 0.969 bits per heavy atom. The lowest BCUT2D eigenvalue weighted by molar-refractivity contribution is -0.138. The number of hydrogen-bond acceptors (Lipinski definition) is 4. The van der Waals surface area contributed by atoms with Crippen molar-refractivity contribution in [3.05, 3.63) is 0 Å². The van der Waals surface area contributed by atoms with Crippen LogP contribution in [-0.2, 0) is 9.59 Å². The van der Waals surface area contributed by atoms with E-state index < -0.39 is 11.9 Å². The first-order valence-electron chi connectivity index (χ1n) is 13.1. The molecule has 0 aliphatic carbocycles. The van der Waals surface area contributed by atoms with Gasteiger partial charge >= 0.3 is 11.9 Å². The van der Waals surface area contributed by atoms with Crippen LogP contribution in [0.1, 0.15) is 129 Å². The Morgan fingerprint density at radius 1 is 0.469 bits per heavy atom. The summed E-state index contributed by atoms with van der Waals surface area (Å²) in [7, 11) is 0. The van der Waals surface area contributed by atoms with E-state index in [9.17, 15) is 9.59 Å². The molecule has 0 aromatic carbocycles. The van der Waals surface area contributed by atoms with E-state index in [0.29, 0.717) is 12.8 Å². The van der Waals surface area contributed by atoms with E-state index in [1.807, 2.05) is 23.5 Å². The maximum atomic E-state index is 10.3. The Morgan fingerprint density at radius 2 is 0.719 bits per heavy atom. The van der Waals surface area contributed by atoms with E-state index in [4.69, 9.17) is 10.2 Å². The van der Waals surface area contributed by atoms with E-state index in [1.165, 1.54) is 100 Å². The zero-order valence-electron chi connectivity index (χ0n) is 21.1. The van der Waals surface area contributed by atoms with Gasteiger partial charge in [0.1, 0.15) is 0 Å². The molecule has 6 heteroatoms. The molecule has 0 unspecified atom stereocenters. The second-order valence-electron chi connectivity index (χ2n) is 8.34. The number of carboxylic acid groups (broad SMARTS) is 2. The van der Waals surface area contributed by atoms with Crippen molar-refractivity contribution >= 4 is 35.5 Å². The van der Waals surface area contributed by atoms with Crippen molar-refractivity contribution in [2.75, 3.05) is 23.0 Å². The van der Waals surface area contributed by atoms with Crippen LogP contribution in [0.5, 0.6) is 0 Å². The van der Waals surface area contributed by atoms with Gasteiger partial charge in [-0.15, -0.1) is 0 Å². The smallest absolute Gasteiger partial charge is 0.303 e. The number of carboxylic acids is 2. The van der Waals surface area contributed by atoms with Gasteiger partial charge in [-0.05, 0) is 48.7 Å². The van der Waals surface area contributed by atoms with Gasteiger partial charge in [-0.25, -0.2) is 0 Å². The van der Waals surface area contributed by atoms with Crippen LogP contribution in [-0.4, -0.2) is 45.2 Å². The van der Waals surface area contributed by atoms with Crippen molar-refractivity contribution in [3.8, 4) is 0 Å². The van der Waals surface area contributed by atoms with Crippen LogP contribution >= 0.6 is 23.5 Å². The van der Waals surface area contributed by atoms with Gasteiger partial charge in [-0.3, -0.25) is 9.59 Å².